The molecule has 0 aliphatic heterocycles. The van der Waals surface area contributed by atoms with Gasteiger partial charge >= 0.3 is 0 Å². The van der Waals surface area contributed by atoms with E-state index >= 15 is 0 Å². The zero-order valence-corrected chi connectivity index (χ0v) is 13.7. The smallest absolute Gasteiger partial charge is 0.0136 e. The summed E-state index contributed by atoms with van der Waals surface area (Å²) in [6, 6.07) is 2.32. The molecule has 2 rings (SSSR count). The standard InChI is InChI=1S/C17H34N2/c1-13(2)18-12-14-6-7-16(14)19(5)15-8-10-17(3,4)11-9-15/h13-16,18H,6-12H2,1-5H3. The van der Waals surface area contributed by atoms with Crippen molar-refractivity contribution in [3.63, 3.8) is 0 Å². The van der Waals surface area contributed by atoms with Gasteiger partial charge < -0.3 is 10.2 Å². The van der Waals surface area contributed by atoms with Crippen molar-refractivity contribution in [1.82, 2.24) is 10.2 Å². The molecule has 0 heterocycles. The van der Waals surface area contributed by atoms with E-state index in [0.717, 1.165) is 18.0 Å². The molecule has 1 N–H and O–H groups in total. The van der Waals surface area contributed by atoms with Crippen LogP contribution in [-0.2, 0) is 0 Å². The van der Waals surface area contributed by atoms with Crippen LogP contribution in [0.3, 0.4) is 0 Å². The summed E-state index contributed by atoms with van der Waals surface area (Å²) in [5.41, 5.74) is 0.593. The molecule has 2 saturated carbocycles. The lowest BCUT2D eigenvalue weighted by atomic mass is 9.73. The minimum Gasteiger partial charge on any atom is -0.314 e. The lowest BCUT2D eigenvalue weighted by Gasteiger charge is -2.49. The van der Waals surface area contributed by atoms with Gasteiger partial charge in [0, 0.05) is 18.1 Å². The molecule has 112 valence electrons. The fraction of sp³-hybridized carbons (Fsp3) is 1.00. The molecule has 2 unspecified atom stereocenters. The van der Waals surface area contributed by atoms with E-state index in [9.17, 15) is 0 Å². The predicted molar refractivity (Wildman–Crippen MR) is 83.5 cm³/mol. The summed E-state index contributed by atoms with van der Waals surface area (Å²) in [6.45, 7) is 10.6. The normalized spacial score (nSPS) is 31.7. The second-order valence-corrected chi connectivity index (χ2v) is 8.03. The molecule has 2 nitrogen and oxygen atoms in total. The lowest BCUT2D eigenvalue weighted by molar-refractivity contribution is 0.0207. The van der Waals surface area contributed by atoms with Crippen LogP contribution in [0.1, 0.15) is 66.2 Å². The van der Waals surface area contributed by atoms with Crippen LogP contribution >= 0.6 is 0 Å². The van der Waals surface area contributed by atoms with Crippen LogP contribution in [0.15, 0.2) is 0 Å². The topological polar surface area (TPSA) is 15.3 Å². The second kappa shape index (κ2) is 6.13. The van der Waals surface area contributed by atoms with E-state index in [1.165, 1.54) is 45.1 Å². The minimum atomic E-state index is 0.593. The van der Waals surface area contributed by atoms with Crippen molar-refractivity contribution in [3.05, 3.63) is 0 Å². The van der Waals surface area contributed by atoms with E-state index in [0.29, 0.717) is 11.5 Å². The summed E-state index contributed by atoms with van der Waals surface area (Å²) >= 11 is 0. The Morgan fingerprint density at radius 2 is 1.74 bits per heavy atom. The number of hydrogen-bond acceptors (Lipinski definition) is 2. The Hall–Kier alpha value is -0.0800. The lowest BCUT2D eigenvalue weighted by Crippen LogP contribution is -2.53. The van der Waals surface area contributed by atoms with Gasteiger partial charge in [0.25, 0.3) is 0 Å². The van der Waals surface area contributed by atoms with Gasteiger partial charge in [-0.25, -0.2) is 0 Å². The maximum Gasteiger partial charge on any atom is 0.0136 e. The van der Waals surface area contributed by atoms with Crippen LogP contribution in [-0.4, -0.2) is 36.6 Å². The molecule has 0 spiro atoms. The molecule has 0 aromatic heterocycles. The van der Waals surface area contributed by atoms with Gasteiger partial charge in [-0.3, -0.25) is 0 Å². The first-order chi connectivity index (χ1) is 8.89. The summed E-state index contributed by atoms with van der Waals surface area (Å²) in [4.78, 5) is 2.73. The molecule has 2 heteroatoms. The molecule has 0 aromatic rings. The molecule has 2 fully saturated rings. The molecular formula is C17H34N2. The Bertz CT molecular complexity index is 275. The Balaban J connectivity index is 1.78. The highest BCUT2D eigenvalue weighted by atomic mass is 15.2. The number of nitrogens with zero attached hydrogens (tertiary/aromatic N) is 1. The van der Waals surface area contributed by atoms with Crippen LogP contribution in [0.2, 0.25) is 0 Å². The Morgan fingerprint density at radius 3 is 2.21 bits per heavy atom. The summed E-state index contributed by atoms with van der Waals surface area (Å²) in [5.74, 6) is 0.891. The van der Waals surface area contributed by atoms with Gasteiger partial charge in [0.2, 0.25) is 0 Å². The van der Waals surface area contributed by atoms with E-state index in [2.05, 4.69) is 45.0 Å². The number of nitrogens with one attached hydrogen (secondary N) is 1. The summed E-state index contributed by atoms with van der Waals surface area (Å²) < 4.78 is 0. The van der Waals surface area contributed by atoms with Crippen molar-refractivity contribution in [2.45, 2.75) is 84.3 Å². The number of rotatable bonds is 5. The third kappa shape index (κ3) is 3.95. The molecular weight excluding hydrogens is 232 g/mol. The quantitative estimate of drug-likeness (QED) is 0.817. The molecule has 0 radical (unpaired) electrons. The fourth-order valence-electron chi connectivity index (χ4n) is 3.77. The van der Waals surface area contributed by atoms with E-state index in [1.54, 1.807) is 0 Å². The van der Waals surface area contributed by atoms with Crippen LogP contribution in [0.25, 0.3) is 0 Å². The van der Waals surface area contributed by atoms with Crippen LogP contribution < -0.4 is 5.32 Å². The first-order valence-electron chi connectivity index (χ1n) is 8.34. The van der Waals surface area contributed by atoms with E-state index in [4.69, 9.17) is 0 Å². The van der Waals surface area contributed by atoms with Crippen molar-refractivity contribution < 1.29 is 0 Å². The van der Waals surface area contributed by atoms with Crippen molar-refractivity contribution in [2.24, 2.45) is 11.3 Å². The van der Waals surface area contributed by atoms with Crippen molar-refractivity contribution in [3.8, 4) is 0 Å². The van der Waals surface area contributed by atoms with Crippen LogP contribution in [0.5, 0.6) is 0 Å². The average Bonchev–Trinajstić information content (AvgIpc) is 2.26. The highest BCUT2D eigenvalue weighted by molar-refractivity contribution is 4.93. The van der Waals surface area contributed by atoms with E-state index < -0.39 is 0 Å². The zero-order chi connectivity index (χ0) is 14.0. The summed E-state index contributed by atoms with van der Waals surface area (Å²) in [6.07, 6.45) is 8.47. The Labute approximate surface area is 120 Å². The van der Waals surface area contributed by atoms with Gasteiger partial charge in [-0.15, -0.1) is 0 Å². The third-order valence-corrected chi connectivity index (χ3v) is 5.57. The molecule has 0 aromatic carbocycles. The minimum absolute atomic E-state index is 0.593. The van der Waals surface area contributed by atoms with E-state index in [1.807, 2.05) is 0 Å². The van der Waals surface area contributed by atoms with Gasteiger partial charge in [-0.05, 0) is 63.5 Å². The maximum atomic E-state index is 3.62. The molecule has 0 amide bonds. The second-order valence-electron chi connectivity index (χ2n) is 8.03. The van der Waals surface area contributed by atoms with Crippen LogP contribution in [0.4, 0.5) is 0 Å². The van der Waals surface area contributed by atoms with Crippen molar-refractivity contribution in [1.29, 1.82) is 0 Å². The molecule has 19 heavy (non-hydrogen) atoms. The molecule has 0 saturated heterocycles. The molecule has 0 bridgehead atoms. The highest BCUT2D eigenvalue weighted by Crippen LogP contribution is 2.40. The molecule has 2 aliphatic rings. The maximum absolute atomic E-state index is 3.62. The van der Waals surface area contributed by atoms with Gasteiger partial charge in [0.15, 0.2) is 0 Å². The molecule has 2 aliphatic carbocycles. The summed E-state index contributed by atoms with van der Waals surface area (Å²) in [7, 11) is 2.38. The van der Waals surface area contributed by atoms with E-state index in [-0.39, 0.29) is 0 Å². The van der Waals surface area contributed by atoms with Gasteiger partial charge in [0.1, 0.15) is 0 Å². The predicted octanol–water partition coefficient (Wildman–Crippen LogP) is 3.66. The Morgan fingerprint density at radius 1 is 1.11 bits per heavy atom. The SMILES string of the molecule is CC(C)NCC1CCC1N(C)C1CCC(C)(C)CC1. The molecule has 2 atom stereocenters. The van der Waals surface area contributed by atoms with Gasteiger partial charge in [-0.2, -0.15) is 0 Å². The Kier molecular flexibility index (Phi) is 4.94. The fourth-order valence-corrected chi connectivity index (χ4v) is 3.77. The van der Waals surface area contributed by atoms with Crippen molar-refractivity contribution >= 4 is 0 Å². The zero-order valence-electron chi connectivity index (χ0n) is 13.7. The summed E-state index contributed by atoms with van der Waals surface area (Å²) in [5, 5.41) is 3.62. The number of hydrogen-bond donors (Lipinski definition) is 1. The van der Waals surface area contributed by atoms with Crippen molar-refractivity contribution in [2.75, 3.05) is 13.6 Å². The van der Waals surface area contributed by atoms with Crippen LogP contribution in [0, 0.1) is 11.3 Å². The van der Waals surface area contributed by atoms with Gasteiger partial charge in [-0.1, -0.05) is 27.7 Å². The highest BCUT2D eigenvalue weighted by Gasteiger charge is 2.38. The average molecular weight is 266 g/mol. The largest absolute Gasteiger partial charge is 0.314 e. The first-order valence-corrected chi connectivity index (χ1v) is 8.34. The van der Waals surface area contributed by atoms with Gasteiger partial charge in [0.05, 0.1) is 0 Å². The monoisotopic (exact) mass is 266 g/mol. The first kappa shape index (κ1) is 15.3. The third-order valence-electron chi connectivity index (χ3n) is 5.57.